The van der Waals surface area contributed by atoms with E-state index in [9.17, 15) is 4.79 Å². The number of benzene rings is 2. The van der Waals surface area contributed by atoms with Crippen LogP contribution in [0.3, 0.4) is 0 Å². The van der Waals surface area contributed by atoms with Crippen LogP contribution < -0.4 is 10.2 Å². The molecule has 3 heterocycles. The van der Waals surface area contributed by atoms with E-state index in [1.165, 1.54) is 30.3 Å². The van der Waals surface area contributed by atoms with Gasteiger partial charge in [-0.25, -0.2) is 0 Å². The van der Waals surface area contributed by atoms with Gasteiger partial charge in [0.15, 0.2) is 10.9 Å². The normalized spacial score (nSPS) is 13.4. The van der Waals surface area contributed by atoms with E-state index in [1.807, 2.05) is 47.0 Å². The maximum Gasteiger partial charge on any atom is 0.234 e. The third-order valence-corrected chi connectivity index (χ3v) is 6.56. The molecule has 0 spiro atoms. The molecule has 1 amide bonds. The molecule has 0 radical (unpaired) electrons. The number of carbonyl (C=O) groups excluding carboxylic acids is 1. The summed E-state index contributed by atoms with van der Waals surface area (Å²) < 4.78 is 7.53. The van der Waals surface area contributed by atoms with Crippen LogP contribution in [0.2, 0.25) is 0 Å². The third-order valence-electron chi connectivity index (χ3n) is 5.60. The van der Waals surface area contributed by atoms with Gasteiger partial charge in [-0.3, -0.25) is 9.36 Å². The lowest BCUT2D eigenvalue weighted by molar-refractivity contribution is -0.113. The Morgan fingerprint density at radius 2 is 1.76 bits per heavy atom. The standard InChI is InChI=1S/C25H25N5O2S/c31-23(26-20-10-12-21(13-11-20)29-14-4-5-15-29)18-33-25-28-27-24(22-9-6-16-32-22)30(25)17-19-7-2-1-3-8-19/h1-3,6-13,16H,4-5,14-15,17-18H2,(H,26,31). The number of rotatable bonds is 8. The van der Waals surface area contributed by atoms with Crippen molar-refractivity contribution in [1.29, 1.82) is 0 Å². The Hall–Kier alpha value is -3.52. The zero-order valence-electron chi connectivity index (χ0n) is 18.2. The number of hydrogen-bond donors (Lipinski definition) is 1. The van der Waals surface area contributed by atoms with Crippen molar-refractivity contribution in [2.45, 2.75) is 24.5 Å². The van der Waals surface area contributed by atoms with Gasteiger partial charge in [0.1, 0.15) is 0 Å². The number of furan rings is 1. The van der Waals surface area contributed by atoms with Crippen molar-refractivity contribution in [2.75, 3.05) is 29.1 Å². The number of aromatic nitrogens is 3. The fraction of sp³-hybridized carbons (Fsp3) is 0.240. The molecule has 1 aliphatic rings. The summed E-state index contributed by atoms with van der Waals surface area (Å²) >= 11 is 1.36. The Balaban J connectivity index is 1.25. The molecule has 8 heteroatoms. The van der Waals surface area contributed by atoms with Crippen LogP contribution >= 0.6 is 11.8 Å². The first kappa shape index (κ1) is 21.3. The van der Waals surface area contributed by atoms with Crippen LogP contribution in [-0.2, 0) is 11.3 Å². The van der Waals surface area contributed by atoms with E-state index in [4.69, 9.17) is 4.42 Å². The Morgan fingerprint density at radius 3 is 2.48 bits per heavy atom. The van der Waals surface area contributed by atoms with Crippen LogP contribution in [0.15, 0.2) is 82.6 Å². The minimum Gasteiger partial charge on any atom is -0.461 e. The van der Waals surface area contributed by atoms with Crippen LogP contribution in [-0.4, -0.2) is 39.5 Å². The molecule has 0 bridgehead atoms. The summed E-state index contributed by atoms with van der Waals surface area (Å²) in [5.74, 6) is 1.44. The minimum atomic E-state index is -0.0808. The first-order valence-corrected chi connectivity index (χ1v) is 12.0. The highest BCUT2D eigenvalue weighted by molar-refractivity contribution is 7.99. The predicted molar refractivity (Wildman–Crippen MR) is 131 cm³/mol. The molecular formula is C25H25N5O2S. The van der Waals surface area contributed by atoms with E-state index < -0.39 is 0 Å². The molecular weight excluding hydrogens is 434 g/mol. The van der Waals surface area contributed by atoms with E-state index in [0.29, 0.717) is 23.3 Å². The number of nitrogens with one attached hydrogen (secondary N) is 1. The number of carbonyl (C=O) groups is 1. The van der Waals surface area contributed by atoms with Gasteiger partial charge < -0.3 is 14.6 Å². The quantitative estimate of drug-likeness (QED) is 0.377. The van der Waals surface area contributed by atoms with Crippen LogP contribution in [0.1, 0.15) is 18.4 Å². The SMILES string of the molecule is O=C(CSc1nnc(-c2ccco2)n1Cc1ccccc1)Nc1ccc(N2CCCC2)cc1. The largest absolute Gasteiger partial charge is 0.461 e. The van der Waals surface area contributed by atoms with Crippen LogP contribution in [0.25, 0.3) is 11.6 Å². The molecule has 4 aromatic rings. The average molecular weight is 460 g/mol. The lowest BCUT2D eigenvalue weighted by Gasteiger charge is -2.17. The van der Waals surface area contributed by atoms with E-state index >= 15 is 0 Å². The van der Waals surface area contributed by atoms with Gasteiger partial charge >= 0.3 is 0 Å². The van der Waals surface area contributed by atoms with Crippen LogP contribution in [0, 0.1) is 0 Å². The summed E-state index contributed by atoms with van der Waals surface area (Å²) in [5.41, 5.74) is 3.12. The molecule has 7 nitrogen and oxygen atoms in total. The first-order chi connectivity index (χ1) is 16.3. The third kappa shape index (κ3) is 5.12. The van der Waals surface area contributed by atoms with Gasteiger partial charge in [-0.05, 0) is 54.8 Å². The molecule has 0 aliphatic carbocycles. The summed E-state index contributed by atoms with van der Waals surface area (Å²) in [6, 6.07) is 21.8. The maximum absolute atomic E-state index is 12.6. The molecule has 0 unspecified atom stereocenters. The fourth-order valence-corrected chi connectivity index (χ4v) is 4.69. The Bertz CT molecular complexity index is 1180. The average Bonchev–Trinajstić information content (AvgIpc) is 3.61. The zero-order valence-corrected chi connectivity index (χ0v) is 19.0. The number of thioether (sulfide) groups is 1. The monoisotopic (exact) mass is 459 g/mol. The second-order valence-corrected chi connectivity index (χ2v) is 8.88. The summed E-state index contributed by atoms with van der Waals surface area (Å²) in [7, 11) is 0. The topological polar surface area (TPSA) is 76.2 Å². The lowest BCUT2D eigenvalue weighted by atomic mass is 10.2. The van der Waals surface area contributed by atoms with Crippen molar-refractivity contribution in [3.05, 3.63) is 78.6 Å². The molecule has 168 valence electrons. The van der Waals surface area contributed by atoms with Gasteiger partial charge in [0.05, 0.1) is 18.6 Å². The van der Waals surface area contributed by atoms with E-state index in [1.54, 1.807) is 6.26 Å². The zero-order chi connectivity index (χ0) is 22.5. The van der Waals surface area contributed by atoms with E-state index in [0.717, 1.165) is 24.3 Å². The summed E-state index contributed by atoms with van der Waals surface area (Å²) in [5, 5.41) is 12.3. The Morgan fingerprint density at radius 1 is 0.970 bits per heavy atom. The molecule has 1 aliphatic heterocycles. The molecule has 1 saturated heterocycles. The van der Waals surface area contributed by atoms with Crippen molar-refractivity contribution >= 4 is 29.0 Å². The molecule has 0 atom stereocenters. The summed E-state index contributed by atoms with van der Waals surface area (Å²) in [6.45, 7) is 2.80. The van der Waals surface area contributed by atoms with Crippen molar-refractivity contribution in [3.8, 4) is 11.6 Å². The highest BCUT2D eigenvalue weighted by Crippen LogP contribution is 2.26. The fourth-order valence-electron chi connectivity index (χ4n) is 3.95. The van der Waals surface area contributed by atoms with Gasteiger partial charge in [-0.15, -0.1) is 10.2 Å². The highest BCUT2D eigenvalue weighted by Gasteiger charge is 2.18. The van der Waals surface area contributed by atoms with Gasteiger partial charge in [0.2, 0.25) is 11.7 Å². The smallest absolute Gasteiger partial charge is 0.234 e. The second-order valence-electron chi connectivity index (χ2n) is 7.93. The van der Waals surface area contributed by atoms with Gasteiger partial charge in [-0.1, -0.05) is 42.1 Å². The summed E-state index contributed by atoms with van der Waals surface area (Å²) in [4.78, 5) is 15.0. The number of hydrogen-bond acceptors (Lipinski definition) is 6. The summed E-state index contributed by atoms with van der Waals surface area (Å²) in [6.07, 6.45) is 4.10. The van der Waals surface area contributed by atoms with Crippen molar-refractivity contribution in [2.24, 2.45) is 0 Å². The number of amides is 1. The van der Waals surface area contributed by atoms with Crippen LogP contribution in [0.5, 0.6) is 0 Å². The molecule has 5 rings (SSSR count). The van der Waals surface area contributed by atoms with Gasteiger partial charge in [0.25, 0.3) is 0 Å². The molecule has 1 N–H and O–H groups in total. The molecule has 0 saturated carbocycles. The molecule has 2 aromatic carbocycles. The van der Waals surface area contributed by atoms with Gasteiger partial charge in [-0.2, -0.15) is 0 Å². The first-order valence-electron chi connectivity index (χ1n) is 11.0. The lowest BCUT2D eigenvalue weighted by Crippen LogP contribution is -2.18. The van der Waals surface area contributed by atoms with Crippen molar-refractivity contribution < 1.29 is 9.21 Å². The van der Waals surface area contributed by atoms with Gasteiger partial charge in [0, 0.05) is 24.5 Å². The number of nitrogens with zero attached hydrogens (tertiary/aromatic N) is 4. The van der Waals surface area contributed by atoms with E-state index in [2.05, 4.69) is 44.7 Å². The molecule has 1 fully saturated rings. The maximum atomic E-state index is 12.6. The molecule has 33 heavy (non-hydrogen) atoms. The van der Waals surface area contributed by atoms with Crippen LogP contribution in [0.4, 0.5) is 11.4 Å². The van der Waals surface area contributed by atoms with Crippen molar-refractivity contribution in [3.63, 3.8) is 0 Å². The Kier molecular flexibility index (Phi) is 6.44. The predicted octanol–water partition coefficient (Wildman–Crippen LogP) is 4.92. The highest BCUT2D eigenvalue weighted by atomic mass is 32.2. The Labute approximate surface area is 196 Å². The van der Waals surface area contributed by atoms with Crippen molar-refractivity contribution in [1.82, 2.24) is 14.8 Å². The molecule has 2 aromatic heterocycles. The van der Waals surface area contributed by atoms with E-state index in [-0.39, 0.29) is 11.7 Å². The number of anilines is 2. The second kappa shape index (κ2) is 9.95. The minimum absolute atomic E-state index is 0.0808.